The van der Waals surface area contributed by atoms with Gasteiger partial charge in [-0.1, -0.05) is 48.5 Å². The number of hydrogen-bond acceptors (Lipinski definition) is 3. The second-order valence-corrected chi connectivity index (χ2v) is 5.99. The van der Waals surface area contributed by atoms with Gasteiger partial charge in [0.2, 0.25) is 0 Å². The molecule has 134 valence electrons. The van der Waals surface area contributed by atoms with Crippen LogP contribution in [0.4, 0.5) is 5.82 Å². The molecule has 0 aliphatic heterocycles. The van der Waals surface area contributed by atoms with Gasteiger partial charge in [0.25, 0.3) is 5.91 Å². The molecule has 0 spiro atoms. The summed E-state index contributed by atoms with van der Waals surface area (Å²) in [6, 6.07) is 22.8. The molecule has 2 aromatic heterocycles. The molecule has 0 aliphatic rings. The molecule has 0 saturated heterocycles. The molecule has 0 fully saturated rings. The van der Waals surface area contributed by atoms with Crippen molar-refractivity contribution in [2.24, 2.45) is 0 Å². The molecule has 4 aromatic rings. The first-order chi connectivity index (χ1) is 13.3. The molecule has 2 heterocycles. The van der Waals surface area contributed by atoms with Crippen molar-refractivity contribution in [2.45, 2.75) is 6.92 Å². The first-order valence-electron chi connectivity index (χ1n) is 8.83. The minimum absolute atomic E-state index is 0.234. The fraction of sp³-hybridized carbons (Fsp3) is 0.0909. The Hall–Kier alpha value is -3.60. The van der Waals surface area contributed by atoms with E-state index in [1.165, 1.54) is 0 Å². The first kappa shape index (κ1) is 16.8. The number of hydrogen-bond donors (Lipinski definition) is 1. The van der Waals surface area contributed by atoms with Crippen LogP contribution in [-0.2, 0) is 0 Å². The summed E-state index contributed by atoms with van der Waals surface area (Å²) < 4.78 is 7.47. The lowest BCUT2D eigenvalue weighted by molar-refractivity contribution is 0.102. The molecule has 27 heavy (non-hydrogen) atoms. The largest absolute Gasteiger partial charge is 0.493 e. The average molecular weight is 357 g/mol. The number of carbonyl (C=O) groups is 1. The number of nitrogens with one attached hydrogen (secondary N) is 1. The maximum absolute atomic E-state index is 13.0. The molecule has 4 rings (SSSR count). The predicted molar refractivity (Wildman–Crippen MR) is 106 cm³/mol. The third kappa shape index (κ3) is 3.27. The highest BCUT2D eigenvalue weighted by molar-refractivity contribution is 6.07. The van der Waals surface area contributed by atoms with E-state index in [0.717, 1.165) is 16.9 Å². The molecule has 5 nitrogen and oxygen atoms in total. The van der Waals surface area contributed by atoms with Gasteiger partial charge in [0.05, 0.1) is 12.2 Å². The maximum atomic E-state index is 13.0. The predicted octanol–water partition coefficient (Wildman–Crippen LogP) is 4.65. The number of benzene rings is 2. The van der Waals surface area contributed by atoms with Gasteiger partial charge < -0.3 is 10.1 Å². The fourth-order valence-corrected chi connectivity index (χ4v) is 3.02. The Bertz CT molecular complexity index is 1090. The molecule has 2 aromatic carbocycles. The van der Waals surface area contributed by atoms with Gasteiger partial charge in [-0.15, -0.1) is 0 Å². The highest BCUT2D eigenvalue weighted by Gasteiger charge is 2.19. The van der Waals surface area contributed by atoms with Crippen LogP contribution in [0.5, 0.6) is 5.75 Å². The summed E-state index contributed by atoms with van der Waals surface area (Å²) in [5, 5.41) is 3.03. The van der Waals surface area contributed by atoms with Gasteiger partial charge in [0.15, 0.2) is 0 Å². The number of fused-ring (bicyclic) bond motifs is 1. The van der Waals surface area contributed by atoms with Gasteiger partial charge in [0, 0.05) is 11.8 Å². The van der Waals surface area contributed by atoms with Gasteiger partial charge in [-0.05, 0) is 31.2 Å². The number of pyridine rings is 1. The van der Waals surface area contributed by atoms with Crippen LogP contribution in [0.25, 0.3) is 16.9 Å². The maximum Gasteiger partial charge on any atom is 0.260 e. The summed E-state index contributed by atoms with van der Waals surface area (Å²) in [6.07, 6.45) is 1.89. The zero-order chi connectivity index (χ0) is 18.6. The number of para-hydroxylation sites is 1. The third-order valence-electron chi connectivity index (χ3n) is 4.24. The minimum atomic E-state index is -0.234. The van der Waals surface area contributed by atoms with E-state index < -0.39 is 0 Å². The van der Waals surface area contributed by atoms with Crippen molar-refractivity contribution in [1.29, 1.82) is 0 Å². The SMILES string of the molecule is CCOc1ccccc1C(=O)Nc1c(-c2ccccc2)nc2ccccn12. The molecular weight excluding hydrogens is 338 g/mol. The average Bonchev–Trinajstić information content (AvgIpc) is 3.08. The summed E-state index contributed by atoms with van der Waals surface area (Å²) in [7, 11) is 0. The second-order valence-electron chi connectivity index (χ2n) is 5.99. The molecule has 0 aliphatic carbocycles. The molecule has 1 amide bonds. The monoisotopic (exact) mass is 357 g/mol. The number of rotatable bonds is 5. The fourth-order valence-electron chi connectivity index (χ4n) is 3.02. The summed E-state index contributed by atoms with van der Waals surface area (Å²) >= 11 is 0. The van der Waals surface area contributed by atoms with E-state index in [9.17, 15) is 4.79 Å². The Balaban J connectivity index is 1.79. The Morgan fingerprint density at radius 2 is 1.74 bits per heavy atom. The smallest absolute Gasteiger partial charge is 0.260 e. The Morgan fingerprint density at radius 3 is 2.56 bits per heavy atom. The first-order valence-corrected chi connectivity index (χ1v) is 8.83. The van der Waals surface area contributed by atoms with Crippen molar-refractivity contribution in [2.75, 3.05) is 11.9 Å². The van der Waals surface area contributed by atoms with Crippen LogP contribution in [0.1, 0.15) is 17.3 Å². The zero-order valence-electron chi connectivity index (χ0n) is 14.9. The molecule has 0 unspecified atom stereocenters. The molecular formula is C22H19N3O2. The van der Waals surface area contributed by atoms with E-state index in [-0.39, 0.29) is 5.91 Å². The van der Waals surface area contributed by atoms with Crippen molar-refractivity contribution in [1.82, 2.24) is 9.38 Å². The second kappa shape index (κ2) is 7.33. The highest BCUT2D eigenvalue weighted by Crippen LogP contribution is 2.29. The lowest BCUT2D eigenvalue weighted by Gasteiger charge is -2.11. The van der Waals surface area contributed by atoms with Crippen LogP contribution in [-0.4, -0.2) is 21.9 Å². The summed E-state index contributed by atoms with van der Waals surface area (Å²) in [6.45, 7) is 2.39. The van der Waals surface area contributed by atoms with Crippen LogP contribution in [0.15, 0.2) is 79.0 Å². The number of ether oxygens (including phenoxy) is 1. The van der Waals surface area contributed by atoms with Crippen molar-refractivity contribution in [3.8, 4) is 17.0 Å². The number of anilines is 1. The molecule has 0 radical (unpaired) electrons. The van der Waals surface area contributed by atoms with Gasteiger partial charge in [-0.2, -0.15) is 0 Å². The number of aromatic nitrogens is 2. The van der Waals surface area contributed by atoms with E-state index in [1.807, 2.05) is 78.2 Å². The standard InChI is InChI=1S/C22H19N3O2/c1-2-27-18-13-7-6-12-17(18)22(26)24-21-20(16-10-4-3-5-11-16)23-19-14-8-9-15-25(19)21/h3-15H,2H2,1H3,(H,24,26). The lowest BCUT2D eigenvalue weighted by Crippen LogP contribution is -2.15. The Labute approximate surface area is 157 Å². The van der Waals surface area contributed by atoms with Gasteiger partial charge >= 0.3 is 0 Å². The molecule has 0 saturated carbocycles. The summed E-state index contributed by atoms with van der Waals surface area (Å²) in [5.41, 5.74) is 2.92. The van der Waals surface area contributed by atoms with Crippen LogP contribution in [0.2, 0.25) is 0 Å². The molecule has 1 N–H and O–H groups in total. The molecule has 0 atom stereocenters. The minimum Gasteiger partial charge on any atom is -0.493 e. The summed E-state index contributed by atoms with van der Waals surface area (Å²) in [4.78, 5) is 17.7. The van der Waals surface area contributed by atoms with E-state index in [4.69, 9.17) is 9.72 Å². The summed E-state index contributed by atoms with van der Waals surface area (Å²) in [5.74, 6) is 0.961. The lowest BCUT2D eigenvalue weighted by atomic mass is 10.1. The van der Waals surface area contributed by atoms with Crippen LogP contribution >= 0.6 is 0 Å². The van der Waals surface area contributed by atoms with Crippen LogP contribution in [0.3, 0.4) is 0 Å². The van der Waals surface area contributed by atoms with E-state index in [2.05, 4.69) is 5.32 Å². The number of imidazole rings is 1. The Kier molecular flexibility index (Phi) is 4.58. The number of amides is 1. The Morgan fingerprint density at radius 1 is 1.00 bits per heavy atom. The number of carbonyl (C=O) groups excluding carboxylic acids is 1. The van der Waals surface area contributed by atoms with Crippen LogP contribution < -0.4 is 10.1 Å². The zero-order valence-corrected chi connectivity index (χ0v) is 14.9. The highest BCUT2D eigenvalue weighted by atomic mass is 16.5. The third-order valence-corrected chi connectivity index (χ3v) is 4.24. The van der Waals surface area contributed by atoms with E-state index in [0.29, 0.717) is 23.7 Å². The van der Waals surface area contributed by atoms with Crippen molar-refractivity contribution < 1.29 is 9.53 Å². The normalized spacial score (nSPS) is 10.7. The van der Waals surface area contributed by atoms with Crippen LogP contribution in [0, 0.1) is 0 Å². The quantitative estimate of drug-likeness (QED) is 0.565. The van der Waals surface area contributed by atoms with Gasteiger partial charge in [-0.25, -0.2) is 4.98 Å². The van der Waals surface area contributed by atoms with Gasteiger partial charge in [0.1, 0.15) is 22.9 Å². The molecule has 5 heteroatoms. The van der Waals surface area contributed by atoms with Crippen molar-refractivity contribution >= 4 is 17.4 Å². The topological polar surface area (TPSA) is 55.6 Å². The van der Waals surface area contributed by atoms with E-state index >= 15 is 0 Å². The van der Waals surface area contributed by atoms with E-state index in [1.54, 1.807) is 12.1 Å². The van der Waals surface area contributed by atoms with Crippen molar-refractivity contribution in [3.05, 3.63) is 84.6 Å². The number of nitrogens with zero attached hydrogens (tertiary/aromatic N) is 2. The van der Waals surface area contributed by atoms with Gasteiger partial charge in [-0.3, -0.25) is 9.20 Å². The van der Waals surface area contributed by atoms with Crippen molar-refractivity contribution in [3.63, 3.8) is 0 Å². The molecule has 0 bridgehead atoms.